The molecule has 0 radical (unpaired) electrons. The molecule has 0 aromatic heterocycles. The van der Waals surface area contributed by atoms with Crippen LogP contribution < -0.4 is 5.32 Å². The molecule has 1 amide bonds. The van der Waals surface area contributed by atoms with Crippen molar-refractivity contribution >= 4 is 11.6 Å². The molecule has 1 N–H and O–H groups in total. The van der Waals surface area contributed by atoms with Crippen LogP contribution >= 0.6 is 0 Å². The van der Waals surface area contributed by atoms with Crippen LogP contribution in [0.4, 0.5) is 10.1 Å². The number of halogens is 1. The number of carbonyl (C=O) groups is 1. The number of nitrogens with one attached hydrogen (secondary N) is 1. The van der Waals surface area contributed by atoms with Gasteiger partial charge in [-0.05, 0) is 38.0 Å². The van der Waals surface area contributed by atoms with Gasteiger partial charge in [-0.25, -0.2) is 4.39 Å². The van der Waals surface area contributed by atoms with Crippen LogP contribution in [-0.4, -0.2) is 29.9 Å². The van der Waals surface area contributed by atoms with Gasteiger partial charge in [0.05, 0.1) is 6.54 Å². The van der Waals surface area contributed by atoms with E-state index >= 15 is 0 Å². The van der Waals surface area contributed by atoms with E-state index in [1.807, 2.05) is 11.8 Å². The van der Waals surface area contributed by atoms with Gasteiger partial charge in [-0.3, -0.25) is 4.79 Å². The second-order valence-corrected chi connectivity index (χ2v) is 5.34. The Balaban J connectivity index is 1.88. The molecule has 1 aromatic carbocycles. The number of hydrogen-bond acceptors (Lipinski definition) is 2. The fraction of sp³-hybridized carbons (Fsp3) is 0.562. The lowest BCUT2D eigenvalue weighted by atomic mass is 9.94. The largest absolute Gasteiger partial charge is 0.376 e. The zero-order valence-electron chi connectivity index (χ0n) is 12.1. The summed E-state index contributed by atoms with van der Waals surface area (Å²) >= 11 is 0. The number of hydrogen-bond donors (Lipinski definition) is 1. The van der Waals surface area contributed by atoms with E-state index in [2.05, 4.69) is 5.32 Å². The van der Waals surface area contributed by atoms with Crippen LogP contribution in [0.25, 0.3) is 0 Å². The first kappa shape index (κ1) is 14.8. The van der Waals surface area contributed by atoms with E-state index in [1.165, 1.54) is 31.4 Å². The highest BCUT2D eigenvalue weighted by atomic mass is 19.1. The Morgan fingerprint density at radius 1 is 1.35 bits per heavy atom. The average molecular weight is 278 g/mol. The molecule has 110 valence electrons. The molecule has 1 aliphatic carbocycles. The number of amides is 1. The molecule has 0 aliphatic heterocycles. The highest BCUT2D eigenvalue weighted by molar-refractivity contribution is 5.81. The number of benzene rings is 1. The van der Waals surface area contributed by atoms with Crippen molar-refractivity contribution in [3.63, 3.8) is 0 Å². The Kier molecular flexibility index (Phi) is 5.39. The number of nitrogens with zero attached hydrogens (tertiary/aromatic N) is 1. The lowest BCUT2D eigenvalue weighted by Gasteiger charge is -2.33. The first-order chi connectivity index (χ1) is 9.70. The zero-order chi connectivity index (χ0) is 14.4. The van der Waals surface area contributed by atoms with Crippen molar-refractivity contribution in [1.29, 1.82) is 0 Å². The van der Waals surface area contributed by atoms with E-state index in [0.717, 1.165) is 19.4 Å². The number of carbonyl (C=O) groups excluding carboxylic acids is 1. The van der Waals surface area contributed by atoms with Crippen molar-refractivity contribution < 1.29 is 9.18 Å². The second-order valence-electron chi connectivity index (χ2n) is 5.34. The van der Waals surface area contributed by atoms with E-state index in [0.29, 0.717) is 11.7 Å². The monoisotopic (exact) mass is 278 g/mol. The number of anilines is 1. The van der Waals surface area contributed by atoms with Gasteiger partial charge in [0.2, 0.25) is 5.91 Å². The van der Waals surface area contributed by atoms with Gasteiger partial charge in [-0.1, -0.05) is 25.3 Å². The molecule has 1 aliphatic rings. The van der Waals surface area contributed by atoms with Crippen molar-refractivity contribution in [3.05, 3.63) is 30.1 Å². The van der Waals surface area contributed by atoms with Gasteiger partial charge in [0.25, 0.3) is 0 Å². The van der Waals surface area contributed by atoms with Gasteiger partial charge in [-0.15, -0.1) is 0 Å². The van der Waals surface area contributed by atoms with Gasteiger partial charge in [0.1, 0.15) is 5.82 Å². The van der Waals surface area contributed by atoms with E-state index < -0.39 is 0 Å². The first-order valence-electron chi connectivity index (χ1n) is 7.49. The third kappa shape index (κ3) is 3.95. The molecule has 0 bridgehead atoms. The maximum Gasteiger partial charge on any atom is 0.242 e. The smallest absolute Gasteiger partial charge is 0.242 e. The quantitative estimate of drug-likeness (QED) is 0.895. The fourth-order valence-corrected chi connectivity index (χ4v) is 2.91. The highest BCUT2D eigenvalue weighted by Crippen LogP contribution is 2.22. The lowest BCUT2D eigenvalue weighted by molar-refractivity contribution is -0.132. The summed E-state index contributed by atoms with van der Waals surface area (Å²) in [5.74, 6) is -0.189. The standard InChI is InChI=1S/C16H23FN2O/c1-2-19(15-9-4-3-5-10-15)16(20)12-18-14-8-6-7-13(17)11-14/h6-8,11,15,18H,2-5,9-10,12H2,1H3. The predicted molar refractivity (Wildman–Crippen MR) is 79.1 cm³/mol. The van der Waals surface area contributed by atoms with E-state index in [4.69, 9.17) is 0 Å². The Bertz CT molecular complexity index is 444. The summed E-state index contributed by atoms with van der Waals surface area (Å²) < 4.78 is 13.1. The zero-order valence-corrected chi connectivity index (χ0v) is 12.1. The Morgan fingerprint density at radius 2 is 2.10 bits per heavy atom. The fourth-order valence-electron chi connectivity index (χ4n) is 2.91. The molecule has 2 rings (SSSR count). The van der Waals surface area contributed by atoms with Crippen molar-refractivity contribution in [2.45, 2.75) is 45.1 Å². The topological polar surface area (TPSA) is 32.3 Å². The summed E-state index contributed by atoms with van der Waals surface area (Å²) in [6.45, 7) is 3.00. The molecule has 0 heterocycles. The third-order valence-corrected chi connectivity index (χ3v) is 3.94. The maximum absolute atomic E-state index is 13.1. The van der Waals surface area contributed by atoms with Gasteiger partial charge in [0.15, 0.2) is 0 Å². The SMILES string of the molecule is CCN(C(=O)CNc1cccc(F)c1)C1CCCCC1. The molecule has 0 unspecified atom stereocenters. The molecule has 0 saturated heterocycles. The van der Waals surface area contributed by atoms with E-state index in [9.17, 15) is 9.18 Å². The average Bonchev–Trinajstić information content (AvgIpc) is 2.47. The van der Waals surface area contributed by atoms with Crippen LogP contribution in [0, 0.1) is 5.82 Å². The summed E-state index contributed by atoms with van der Waals surface area (Å²) in [5, 5.41) is 3.01. The van der Waals surface area contributed by atoms with Crippen LogP contribution in [0.5, 0.6) is 0 Å². The second kappa shape index (κ2) is 7.27. The molecule has 20 heavy (non-hydrogen) atoms. The van der Waals surface area contributed by atoms with Crippen molar-refractivity contribution in [1.82, 2.24) is 4.90 Å². The normalized spacial score (nSPS) is 15.9. The highest BCUT2D eigenvalue weighted by Gasteiger charge is 2.23. The molecule has 4 heteroatoms. The van der Waals surface area contributed by atoms with Gasteiger partial charge < -0.3 is 10.2 Å². The summed E-state index contributed by atoms with van der Waals surface area (Å²) in [5.41, 5.74) is 0.651. The van der Waals surface area contributed by atoms with E-state index in [-0.39, 0.29) is 18.3 Å². The van der Waals surface area contributed by atoms with Crippen LogP contribution in [0.15, 0.2) is 24.3 Å². The van der Waals surface area contributed by atoms with Crippen LogP contribution in [0.3, 0.4) is 0 Å². The van der Waals surface area contributed by atoms with E-state index in [1.54, 1.807) is 12.1 Å². The predicted octanol–water partition coefficient (Wildman–Crippen LogP) is 3.42. The first-order valence-corrected chi connectivity index (χ1v) is 7.49. The van der Waals surface area contributed by atoms with Crippen molar-refractivity contribution in [2.24, 2.45) is 0 Å². The van der Waals surface area contributed by atoms with Crippen molar-refractivity contribution in [2.75, 3.05) is 18.4 Å². The Morgan fingerprint density at radius 3 is 2.75 bits per heavy atom. The Hall–Kier alpha value is -1.58. The van der Waals surface area contributed by atoms with Crippen LogP contribution in [0.2, 0.25) is 0 Å². The minimum absolute atomic E-state index is 0.101. The molecule has 1 aromatic rings. The Labute approximate surface area is 120 Å². The van der Waals surface area contributed by atoms with Crippen LogP contribution in [0.1, 0.15) is 39.0 Å². The molecule has 3 nitrogen and oxygen atoms in total. The molecule has 0 atom stereocenters. The number of rotatable bonds is 5. The van der Waals surface area contributed by atoms with Gasteiger partial charge >= 0.3 is 0 Å². The molecule has 1 saturated carbocycles. The molecule has 1 fully saturated rings. The summed E-state index contributed by atoms with van der Waals surface area (Å²) in [6.07, 6.45) is 5.93. The summed E-state index contributed by atoms with van der Waals surface area (Å²) in [7, 11) is 0. The van der Waals surface area contributed by atoms with Gasteiger partial charge in [-0.2, -0.15) is 0 Å². The minimum atomic E-state index is -0.290. The van der Waals surface area contributed by atoms with Crippen LogP contribution in [-0.2, 0) is 4.79 Å². The molecular weight excluding hydrogens is 255 g/mol. The third-order valence-electron chi connectivity index (χ3n) is 3.94. The summed E-state index contributed by atoms with van der Waals surface area (Å²) in [6, 6.07) is 6.60. The summed E-state index contributed by atoms with van der Waals surface area (Å²) in [4.78, 5) is 14.3. The maximum atomic E-state index is 13.1. The minimum Gasteiger partial charge on any atom is -0.376 e. The lowest BCUT2D eigenvalue weighted by Crippen LogP contribution is -2.43. The molecular formula is C16H23FN2O. The van der Waals surface area contributed by atoms with Gasteiger partial charge in [0, 0.05) is 18.3 Å². The number of likely N-dealkylation sites (N-methyl/N-ethyl adjacent to an activating group) is 1. The van der Waals surface area contributed by atoms with Crippen molar-refractivity contribution in [3.8, 4) is 0 Å². The molecule has 0 spiro atoms.